The fourth-order valence-corrected chi connectivity index (χ4v) is 5.62. The maximum absolute atomic E-state index is 13.3. The molecule has 0 radical (unpaired) electrons. The van der Waals surface area contributed by atoms with Crippen molar-refractivity contribution < 1.29 is 14.3 Å². The van der Waals surface area contributed by atoms with Gasteiger partial charge in [-0.1, -0.05) is 0 Å². The third-order valence-electron chi connectivity index (χ3n) is 6.15. The zero-order chi connectivity index (χ0) is 21.4. The molecule has 1 atom stereocenters. The van der Waals surface area contributed by atoms with Gasteiger partial charge >= 0.3 is 0 Å². The van der Waals surface area contributed by atoms with Gasteiger partial charge in [0.2, 0.25) is 5.91 Å². The molecule has 1 saturated heterocycles. The van der Waals surface area contributed by atoms with E-state index in [4.69, 9.17) is 4.74 Å². The second-order valence-corrected chi connectivity index (χ2v) is 9.06. The predicted molar refractivity (Wildman–Crippen MR) is 124 cm³/mol. The van der Waals surface area contributed by atoms with Crippen LogP contribution in [0.1, 0.15) is 34.5 Å². The van der Waals surface area contributed by atoms with Crippen molar-refractivity contribution in [2.45, 2.75) is 31.7 Å². The molecule has 1 unspecified atom stereocenters. The first kappa shape index (κ1) is 20.0. The minimum absolute atomic E-state index is 0.0902. The van der Waals surface area contributed by atoms with Gasteiger partial charge < -0.3 is 19.9 Å². The summed E-state index contributed by atoms with van der Waals surface area (Å²) >= 11 is 1.60. The molecule has 0 saturated carbocycles. The number of rotatable bonds is 4. The lowest BCUT2D eigenvalue weighted by molar-refractivity contribution is -0.119. The molecule has 6 nitrogen and oxygen atoms in total. The SMILES string of the molecule is COc1ccc(NC(=O)C2CSCN2C(=O)c2ccc3[nH]c4c(c3c2)CCCC4)cc1. The number of aromatic amines is 1. The summed E-state index contributed by atoms with van der Waals surface area (Å²) in [7, 11) is 1.60. The van der Waals surface area contributed by atoms with E-state index in [0.717, 1.165) is 29.5 Å². The molecule has 7 heteroatoms. The summed E-state index contributed by atoms with van der Waals surface area (Å²) in [6.07, 6.45) is 4.53. The zero-order valence-corrected chi connectivity index (χ0v) is 18.3. The highest BCUT2D eigenvalue weighted by atomic mass is 32.2. The van der Waals surface area contributed by atoms with Gasteiger partial charge in [0.25, 0.3) is 5.91 Å². The monoisotopic (exact) mass is 435 g/mol. The van der Waals surface area contributed by atoms with E-state index < -0.39 is 6.04 Å². The second kappa shape index (κ2) is 8.30. The van der Waals surface area contributed by atoms with E-state index in [1.54, 1.807) is 48.0 Å². The molecule has 1 aliphatic carbocycles. The van der Waals surface area contributed by atoms with Crippen molar-refractivity contribution in [1.82, 2.24) is 9.88 Å². The van der Waals surface area contributed by atoms with Gasteiger partial charge in [-0.2, -0.15) is 0 Å². The number of carbonyl (C=O) groups excluding carboxylic acids is 2. The zero-order valence-electron chi connectivity index (χ0n) is 17.4. The van der Waals surface area contributed by atoms with Crippen LogP contribution in [0.3, 0.4) is 0 Å². The van der Waals surface area contributed by atoms with Gasteiger partial charge in [-0.05, 0) is 73.7 Å². The number of thioether (sulfide) groups is 1. The number of amides is 2. The molecule has 2 heterocycles. The van der Waals surface area contributed by atoms with Crippen molar-refractivity contribution in [2.75, 3.05) is 24.1 Å². The topological polar surface area (TPSA) is 74.4 Å². The summed E-state index contributed by atoms with van der Waals surface area (Å²) < 4.78 is 5.16. The first-order valence-electron chi connectivity index (χ1n) is 10.6. The van der Waals surface area contributed by atoms with Crippen molar-refractivity contribution >= 4 is 40.2 Å². The van der Waals surface area contributed by atoms with Crippen LogP contribution in [0.25, 0.3) is 10.9 Å². The minimum Gasteiger partial charge on any atom is -0.497 e. The van der Waals surface area contributed by atoms with Gasteiger partial charge in [0, 0.05) is 33.6 Å². The predicted octanol–water partition coefficient (Wildman–Crippen LogP) is 4.21. The van der Waals surface area contributed by atoms with Gasteiger partial charge in [0.05, 0.1) is 13.0 Å². The van der Waals surface area contributed by atoms with Crippen LogP contribution in [0.5, 0.6) is 5.75 Å². The Morgan fingerprint density at radius 3 is 2.74 bits per heavy atom. The molecule has 0 bridgehead atoms. The van der Waals surface area contributed by atoms with E-state index >= 15 is 0 Å². The molecular formula is C24H25N3O3S. The summed E-state index contributed by atoms with van der Waals surface area (Å²) in [5, 5.41) is 4.08. The number of methoxy groups -OCH3 is 1. The Labute approximate surface area is 185 Å². The summed E-state index contributed by atoms with van der Waals surface area (Å²) in [5.41, 5.74) is 5.08. The van der Waals surface area contributed by atoms with Crippen molar-refractivity contribution in [1.29, 1.82) is 0 Å². The normalized spacial score (nSPS) is 18.1. The molecule has 3 aromatic rings. The molecule has 2 amide bonds. The summed E-state index contributed by atoms with van der Waals surface area (Å²) in [6, 6.07) is 12.6. The number of aromatic nitrogens is 1. The molecule has 1 aromatic heterocycles. The highest BCUT2D eigenvalue weighted by molar-refractivity contribution is 7.99. The summed E-state index contributed by atoms with van der Waals surface area (Å²) in [4.78, 5) is 31.5. The lowest BCUT2D eigenvalue weighted by Gasteiger charge is -2.23. The number of benzene rings is 2. The molecule has 1 aliphatic heterocycles. The van der Waals surface area contributed by atoms with Crippen LogP contribution < -0.4 is 10.1 Å². The molecule has 2 aromatic carbocycles. The smallest absolute Gasteiger partial charge is 0.255 e. The van der Waals surface area contributed by atoms with Crippen molar-refractivity contribution in [3.63, 3.8) is 0 Å². The fraction of sp³-hybridized carbons (Fsp3) is 0.333. The lowest BCUT2D eigenvalue weighted by Crippen LogP contribution is -2.44. The Morgan fingerprint density at radius 1 is 1.13 bits per heavy atom. The van der Waals surface area contributed by atoms with E-state index in [9.17, 15) is 9.59 Å². The van der Waals surface area contributed by atoms with E-state index in [0.29, 0.717) is 22.9 Å². The number of carbonyl (C=O) groups is 2. The van der Waals surface area contributed by atoms with Gasteiger partial charge in [0.1, 0.15) is 11.8 Å². The number of hydrogen-bond acceptors (Lipinski definition) is 4. The van der Waals surface area contributed by atoms with Crippen LogP contribution in [-0.4, -0.2) is 46.5 Å². The first-order chi connectivity index (χ1) is 15.1. The van der Waals surface area contributed by atoms with Crippen molar-refractivity contribution in [3.8, 4) is 5.75 Å². The maximum atomic E-state index is 13.3. The Bertz CT molecular complexity index is 1140. The van der Waals surface area contributed by atoms with E-state index in [1.807, 2.05) is 18.2 Å². The largest absolute Gasteiger partial charge is 0.497 e. The highest BCUT2D eigenvalue weighted by Crippen LogP contribution is 2.31. The van der Waals surface area contributed by atoms with Crippen molar-refractivity contribution in [3.05, 3.63) is 59.3 Å². The maximum Gasteiger partial charge on any atom is 0.255 e. The van der Waals surface area contributed by atoms with Gasteiger partial charge in [-0.15, -0.1) is 11.8 Å². The van der Waals surface area contributed by atoms with Crippen molar-refractivity contribution in [2.24, 2.45) is 0 Å². The van der Waals surface area contributed by atoms with Crippen LogP contribution in [-0.2, 0) is 17.6 Å². The Kier molecular flexibility index (Phi) is 5.36. The average molecular weight is 436 g/mol. The third kappa shape index (κ3) is 3.78. The van der Waals surface area contributed by atoms with E-state index in [2.05, 4.69) is 10.3 Å². The molecule has 160 valence electrons. The fourth-order valence-electron chi connectivity index (χ4n) is 4.46. The van der Waals surface area contributed by atoms with Gasteiger partial charge in [0.15, 0.2) is 0 Å². The molecule has 5 rings (SSSR count). The second-order valence-electron chi connectivity index (χ2n) is 8.06. The Balaban J connectivity index is 1.36. The first-order valence-corrected chi connectivity index (χ1v) is 11.8. The van der Waals surface area contributed by atoms with E-state index in [1.165, 1.54) is 24.1 Å². The minimum atomic E-state index is -0.490. The number of nitrogens with one attached hydrogen (secondary N) is 2. The van der Waals surface area contributed by atoms with E-state index in [-0.39, 0.29) is 11.8 Å². The van der Waals surface area contributed by atoms with Crippen LogP contribution in [0.4, 0.5) is 5.69 Å². The molecule has 1 fully saturated rings. The summed E-state index contributed by atoms with van der Waals surface area (Å²) in [6.45, 7) is 0. The van der Waals surface area contributed by atoms with Gasteiger partial charge in [-0.3, -0.25) is 9.59 Å². The lowest BCUT2D eigenvalue weighted by atomic mass is 9.95. The van der Waals surface area contributed by atoms with Crippen LogP contribution in [0, 0.1) is 0 Å². The number of H-pyrrole nitrogens is 1. The standard InChI is InChI=1S/C24H25N3O3S/c1-30-17-9-7-16(8-10-17)25-23(28)22-13-31-14-27(22)24(29)15-6-11-21-19(12-15)18-4-2-3-5-20(18)26-21/h6-12,22,26H,2-5,13-14H2,1H3,(H,25,28). The molecular weight excluding hydrogens is 410 g/mol. The number of ether oxygens (including phenoxy) is 1. The van der Waals surface area contributed by atoms with Gasteiger partial charge in [-0.25, -0.2) is 0 Å². The number of fused-ring (bicyclic) bond motifs is 3. The number of nitrogens with zero attached hydrogens (tertiary/aromatic N) is 1. The molecule has 2 N–H and O–H groups in total. The van der Waals surface area contributed by atoms with Crippen LogP contribution in [0.2, 0.25) is 0 Å². The Morgan fingerprint density at radius 2 is 1.94 bits per heavy atom. The number of hydrogen-bond donors (Lipinski definition) is 2. The Hall–Kier alpha value is -2.93. The number of aryl methyl sites for hydroxylation is 2. The third-order valence-corrected chi connectivity index (χ3v) is 7.16. The molecule has 31 heavy (non-hydrogen) atoms. The number of anilines is 1. The molecule has 2 aliphatic rings. The van der Waals surface area contributed by atoms with Crippen LogP contribution in [0.15, 0.2) is 42.5 Å². The average Bonchev–Trinajstić information content (AvgIpc) is 3.44. The summed E-state index contributed by atoms with van der Waals surface area (Å²) in [5.74, 6) is 1.59. The molecule has 0 spiro atoms. The highest BCUT2D eigenvalue weighted by Gasteiger charge is 2.35. The van der Waals surface area contributed by atoms with Crippen LogP contribution >= 0.6 is 11.8 Å². The quantitative estimate of drug-likeness (QED) is 0.644.